The fourth-order valence-corrected chi connectivity index (χ4v) is 0.890. The van der Waals surface area contributed by atoms with E-state index >= 15 is 0 Å². The number of aromatic hydroxyl groups is 1. The molecule has 0 aliphatic rings. The normalized spacial score (nSPS) is 9.62. The number of rotatable bonds is 3. The lowest BCUT2D eigenvalue weighted by atomic mass is 10.3. The van der Waals surface area contributed by atoms with E-state index in [4.69, 9.17) is 5.11 Å². The molecular formula is C8H11N3O2. The molecule has 5 heteroatoms. The van der Waals surface area contributed by atoms with Crippen molar-refractivity contribution in [2.24, 2.45) is 0 Å². The lowest BCUT2D eigenvalue weighted by molar-refractivity contribution is -0.118. The number of carbonyl (C=O) groups excluding carboxylic acids is 1. The molecule has 5 nitrogen and oxygen atoms in total. The minimum atomic E-state index is -0.236. The number of nitrogens with zero attached hydrogens (tertiary/aromatic N) is 2. The average Bonchev–Trinajstić information content (AvgIpc) is 2.03. The predicted octanol–water partition coefficient (Wildman–Crippen LogP) is -0.139. The summed E-state index contributed by atoms with van der Waals surface area (Å²) in [6, 6.07) is 1.46. The Morgan fingerprint density at radius 2 is 2.46 bits per heavy atom. The maximum Gasteiger partial charge on any atom is 0.314 e. The Bertz CT molecular complexity index is 301. The SMILES string of the molecule is CC(=O)NCCc1ccnc(O)n1. The van der Waals surface area contributed by atoms with Crippen LogP contribution in [-0.4, -0.2) is 27.5 Å². The van der Waals surface area contributed by atoms with Crippen molar-refractivity contribution in [1.29, 1.82) is 0 Å². The molecule has 2 N–H and O–H groups in total. The summed E-state index contributed by atoms with van der Waals surface area (Å²) in [4.78, 5) is 17.8. The third-order valence-corrected chi connectivity index (χ3v) is 1.46. The van der Waals surface area contributed by atoms with E-state index in [0.717, 1.165) is 0 Å². The minimum absolute atomic E-state index is 0.0710. The van der Waals surface area contributed by atoms with Crippen molar-refractivity contribution in [3.8, 4) is 6.01 Å². The first-order valence-electron chi connectivity index (χ1n) is 3.94. The lowest BCUT2D eigenvalue weighted by Gasteiger charge is -2.00. The van der Waals surface area contributed by atoms with E-state index in [0.29, 0.717) is 18.7 Å². The minimum Gasteiger partial charge on any atom is -0.479 e. The molecule has 0 aliphatic heterocycles. The molecule has 0 unspecified atom stereocenters. The summed E-state index contributed by atoms with van der Waals surface area (Å²) < 4.78 is 0. The molecular weight excluding hydrogens is 170 g/mol. The Hall–Kier alpha value is -1.65. The first kappa shape index (κ1) is 9.44. The highest BCUT2D eigenvalue weighted by molar-refractivity contribution is 5.72. The standard InChI is InChI=1S/C8H11N3O2/c1-6(12)9-4-2-7-3-5-10-8(13)11-7/h3,5H,2,4H2,1H3,(H,9,12)(H,10,11,13). The van der Waals surface area contributed by atoms with Gasteiger partial charge in [0.2, 0.25) is 5.91 Å². The van der Waals surface area contributed by atoms with Crippen LogP contribution in [0.5, 0.6) is 6.01 Å². The maximum absolute atomic E-state index is 10.5. The predicted molar refractivity (Wildman–Crippen MR) is 46.1 cm³/mol. The summed E-state index contributed by atoms with van der Waals surface area (Å²) in [5.74, 6) is -0.0710. The van der Waals surface area contributed by atoms with Crippen LogP contribution in [-0.2, 0) is 11.2 Å². The molecule has 1 aromatic rings. The molecule has 0 aromatic carbocycles. The van der Waals surface area contributed by atoms with E-state index in [1.54, 1.807) is 6.07 Å². The summed E-state index contributed by atoms with van der Waals surface area (Å²) in [7, 11) is 0. The summed E-state index contributed by atoms with van der Waals surface area (Å²) in [6.07, 6.45) is 2.07. The Balaban J connectivity index is 2.41. The topological polar surface area (TPSA) is 75.1 Å². The van der Waals surface area contributed by atoms with Gasteiger partial charge in [-0.3, -0.25) is 4.79 Å². The molecule has 0 saturated carbocycles. The monoisotopic (exact) mass is 181 g/mol. The fourth-order valence-electron chi connectivity index (χ4n) is 0.890. The number of hydrogen-bond donors (Lipinski definition) is 2. The van der Waals surface area contributed by atoms with Gasteiger partial charge in [-0.25, -0.2) is 9.97 Å². The summed E-state index contributed by atoms with van der Waals surface area (Å²) in [5.41, 5.74) is 0.709. The van der Waals surface area contributed by atoms with Gasteiger partial charge in [0.15, 0.2) is 0 Å². The van der Waals surface area contributed by atoms with Crippen molar-refractivity contribution in [2.45, 2.75) is 13.3 Å². The van der Waals surface area contributed by atoms with Gasteiger partial charge in [0.05, 0.1) is 0 Å². The van der Waals surface area contributed by atoms with E-state index in [2.05, 4.69) is 15.3 Å². The highest BCUT2D eigenvalue weighted by Gasteiger charge is 1.97. The van der Waals surface area contributed by atoms with E-state index in [1.807, 2.05) is 0 Å². The van der Waals surface area contributed by atoms with Crippen LogP contribution < -0.4 is 5.32 Å². The Labute approximate surface area is 75.8 Å². The van der Waals surface area contributed by atoms with Crippen LogP contribution in [0, 0.1) is 0 Å². The lowest BCUT2D eigenvalue weighted by Crippen LogP contribution is -2.22. The van der Waals surface area contributed by atoms with Crippen molar-refractivity contribution in [2.75, 3.05) is 6.54 Å². The molecule has 0 saturated heterocycles. The van der Waals surface area contributed by atoms with Crippen LogP contribution in [0.15, 0.2) is 12.3 Å². The molecule has 0 atom stereocenters. The Morgan fingerprint density at radius 1 is 1.69 bits per heavy atom. The van der Waals surface area contributed by atoms with Gasteiger partial charge >= 0.3 is 6.01 Å². The maximum atomic E-state index is 10.5. The number of hydrogen-bond acceptors (Lipinski definition) is 4. The van der Waals surface area contributed by atoms with E-state index in [9.17, 15) is 4.79 Å². The molecule has 0 radical (unpaired) electrons. The van der Waals surface area contributed by atoms with Gasteiger partial charge in [0.25, 0.3) is 0 Å². The van der Waals surface area contributed by atoms with Gasteiger partial charge in [0, 0.05) is 31.8 Å². The molecule has 1 rings (SSSR count). The van der Waals surface area contributed by atoms with Gasteiger partial charge in [-0.15, -0.1) is 0 Å². The zero-order valence-corrected chi connectivity index (χ0v) is 7.32. The van der Waals surface area contributed by atoms with Gasteiger partial charge in [-0.05, 0) is 6.07 Å². The second-order valence-corrected chi connectivity index (χ2v) is 2.58. The molecule has 0 aliphatic carbocycles. The smallest absolute Gasteiger partial charge is 0.314 e. The third kappa shape index (κ3) is 3.50. The molecule has 1 heterocycles. The van der Waals surface area contributed by atoms with Crippen LogP contribution in [0.25, 0.3) is 0 Å². The van der Waals surface area contributed by atoms with Crippen molar-refractivity contribution in [1.82, 2.24) is 15.3 Å². The first-order chi connectivity index (χ1) is 6.18. The largest absolute Gasteiger partial charge is 0.479 e. The third-order valence-electron chi connectivity index (χ3n) is 1.46. The molecule has 0 fully saturated rings. The van der Waals surface area contributed by atoms with Gasteiger partial charge in [-0.1, -0.05) is 0 Å². The molecule has 70 valence electrons. The van der Waals surface area contributed by atoms with Gasteiger partial charge < -0.3 is 10.4 Å². The quantitative estimate of drug-likeness (QED) is 0.680. The molecule has 1 aromatic heterocycles. The van der Waals surface area contributed by atoms with E-state index in [1.165, 1.54) is 13.1 Å². The number of carbonyl (C=O) groups is 1. The zero-order valence-electron chi connectivity index (χ0n) is 7.32. The van der Waals surface area contributed by atoms with Crippen molar-refractivity contribution in [3.05, 3.63) is 18.0 Å². The van der Waals surface area contributed by atoms with E-state index < -0.39 is 0 Å². The summed E-state index contributed by atoms with van der Waals surface area (Å²) in [5, 5.41) is 11.5. The average molecular weight is 181 g/mol. The van der Waals surface area contributed by atoms with Crippen LogP contribution in [0.2, 0.25) is 0 Å². The highest BCUT2D eigenvalue weighted by atomic mass is 16.3. The molecule has 13 heavy (non-hydrogen) atoms. The second-order valence-electron chi connectivity index (χ2n) is 2.58. The van der Waals surface area contributed by atoms with Crippen LogP contribution in [0.4, 0.5) is 0 Å². The Morgan fingerprint density at radius 3 is 3.08 bits per heavy atom. The van der Waals surface area contributed by atoms with E-state index in [-0.39, 0.29) is 11.9 Å². The van der Waals surface area contributed by atoms with Crippen molar-refractivity contribution < 1.29 is 9.90 Å². The molecule has 1 amide bonds. The van der Waals surface area contributed by atoms with Crippen molar-refractivity contribution >= 4 is 5.91 Å². The zero-order chi connectivity index (χ0) is 9.68. The van der Waals surface area contributed by atoms with Gasteiger partial charge in [-0.2, -0.15) is 0 Å². The van der Waals surface area contributed by atoms with Crippen molar-refractivity contribution in [3.63, 3.8) is 0 Å². The number of aromatic nitrogens is 2. The highest BCUT2D eigenvalue weighted by Crippen LogP contribution is 1.99. The second kappa shape index (κ2) is 4.39. The summed E-state index contributed by atoms with van der Waals surface area (Å²) in [6.45, 7) is 1.98. The van der Waals surface area contributed by atoms with Crippen LogP contribution in [0.3, 0.4) is 0 Å². The molecule has 0 bridgehead atoms. The van der Waals surface area contributed by atoms with Crippen LogP contribution >= 0.6 is 0 Å². The fraction of sp³-hybridized carbons (Fsp3) is 0.375. The molecule has 0 spiro atoms. The number of amides is 1. The van der Waals surface area contributed by atoms with Gasteiger partial charge in [0.1, 0.15) is 0 Å². The first-order valence-corrected chi connectivity index (χ1v) is 3.94. The van der Waals surface area contributed by atoms with Crippen LogP contribution in [0.1, 0.15) is 12.6 Å². The number of nitrogens with one attached hydrogen (secondary N) is 1. The Kier molecular flexibility index (Phi) is 3.19. The summed E-state index contributed by atoms with van der Waals surface area (Å²) >= 11 is 0.